The molecule has 1 N–H and O–H groups in total. The van der Waals surface area contributed by atoms with Gasteiger partial charge in [-0.2, -0.15) is 0 Å². The molecule has 1 fully saturated rings. The Balaban J connectivity index is 1.46. The number of hydrogen-bond acceptors (Lipinski definition) is 7. The normalized spacial score (nSPS) is 16.1. The molecule has 0 spiro atoms. The molecule has 146 valence electrons. The van der Waals surface area contributed by atoms with Gasteiger partial charge >= 0.3 is 0 Å². The summed E-state index contributed by atoms with van der Waals surface area (Å²) in [6.07, 6.45) is -0.581. The number of hydrogen-bond donors (Lipinski definition) is 1. The molecule has 1 unspecified atom stereocenters. The molecule has 7 nitrogen and oxygen atoms in total. The highest BCUT2D eigenvalue weighted by Gasteiger charge is 2.17. The molecule has 0 radical (unpaired) electrons. The second-order valence-corrected chi connectivity index (χ2v) is 7.18. The van der Waals surface area contributed by atoms with Crippen molar-refractivity contribution in [2.75, 3.05) is 38.7 Å². The van der Waals surface area contributed by atoms with Crippen molar-refractivity contribution in [3.8, 4) is 5.75 Å². The van der Waals surface area contributed by atoms with Gasteiger partial charge in [0.15, 0.2) is 5.13 Å². The number of rotatable bonds is 8. The molecule has 1 atom stereocenters. The van der Waals surface area contributed by atoms with Crippen LogP contribution >= 0.6 is 11.3 Å². The third-order valence-electron chi connectivity index (χ3n) is 4.27. The minimum atomic E-state index is -0.581. The molecule has 1 saturated heterocycles. The lowest BCUT2D eigenvalue weighted by Crippen LogP contribution is -2.35. The summed E-state index contributed by atoms with van der Waals surface area (Å²) in [6.45, 7) is 6.19. The Kier molecular flexibility index (Phi) is 7.17. The van der Waals surface area contributed by atoms with E-state index in [4.69, 9.17) is 14.2 Å². The van der Waals surface area contributed by atoms with Crippen LogP contribution in [0.15, 0.2) is 29.6 Å². The van der Waals surface area contributed by atoms with E-state index in [-0.39, 0.29) is 5.91 Å². The van der Waals surface area contributed by atoms with Gasteiger partial charge in [-0.1, -0.05) is 12.1 Å². The third kappa shape index (κ3) is 6.00. The molecular weight excluding hydrogens is 366 g/mol. The van der Waals surface area contributed by atoms with Crippen LogP contribution in [0.3, 0.4) is 0 Å². The Morgan fingerprint density at radius 2 is 2.22 bits per heavy atom. The SMILES string of the molecule is COc1cccc(COC(C)C(=O)Nc2nc(CN3CCOCC3)cs2)c1. The van der Waals surface area contributed by atoms with Gasteiger partial charge in [0.25, 0.3) is 5.91 Å². The number of ether oxygens (including phenoxy) is 3. The van der Waals surface area contributed by atoms with Gasteiger partial charge in [0.05, 0.1) is 32.6 Å². The highest BCUT2D eigenvalue weighted by Crippen LogP contribution is 2.18. The molecule has 2 aromatic rings. The van der Waals surface area contributed by atoms with Crippen LogP contribution < -0.4 is 10.1 Å². The maximum Gasteiger partial charge on any atom is 0.255 e. The first-order valence-corrected chi connectivity index (χ1v) is 9.82. The first-order chi connectivity index (χ1) is 13.1. The lowest BCUT2D eigenvalue weighted by molar-refractivity contribution is -0.127. The fraction of sp³-hybridized carbons (Fsp3) is 0.474. The van der Waals surface area contributed by atoms with Gasteiger partial charge in [0.2, 0.25) is 0 Å². The molecule has 1 aliphatic rings. The number of nitrogens with zero attached hydrogens (tertiary/aromatic N) is 2. The first kappa shape index (κ1) is 19.8. The van der Waals surface area contributed by atoms with Gasteiger partial charge in [-0.25, -0.2) is 4.98 Å². The third-order valence-corrected chi connectivity index (χ3v) is 5.08. The largest absolute Gasteiger partial charge is 0.497 e. The smallest absolute Gasteiger partial charge is 0.255 e. The summed E-state index contributed by atoms with van der Waals surface area (Å²) in [6, 6.07) is 7.60. The van der Waals surface area contributed by atoms with Crippen molar-refractivity contribution < 1.29 is 19.0 Å². The van der Waals surface area contributed by atoms with Gasteiger partial charge in [-0.15, -0.1) is 11.3 Å². The summed E-state index contributed by atoms with van der Waals surface area (Å²) in [5, 5.41) is 5.41. The molecule has 0 saturated carbocycles. The predicted molar refractivity (Wildman–Crippen MR) is 104 cm³/mol. The predicted octanol–water partition coefficient (Wildman–Crippen LogP) is 2.53. The van der Waals surface area contributed by atoms with Crippen molar-refractivity contribution in [1.29, 1.82) is 0 Å². The Bertz CT molecular complexity index is 746. The Morgan fingerprint density at radius 3 is 3.00 bits per heavy atom. The lowest BCUT2D eigenvalue weighted by atomic mass is 10.2. The van der Waals surface area contributed by atoms with Crippen LogP contribution in [-0.4, -0.2) is 55.3 Å². The zero-order valence-electron chi connectivity index (χ0n) is 15.6. The van der Waals surface area contributed by atoms with Crippen LogP contribution in [0.25, 0.3) is 0 Å². The number of amides is 1. The Morgan fingerprint density at radius 1 is 1.41 bits per heavy atom. The van der Waals surface area contributed by atoms with E-state index in [0.717, 1.165) is 49.9 Å². The Hall–Kier alpha value is -2.00. The number of nitrogens with one attached hydrogen (secondary N) is 1. The highest BCUT2D eigenvalue weighted by molar-refractivity contribution is 7.13. The fourth-order valence-corrected chi connectivity index (χ4v) is 3.40. The minimum Gasteiger partial charge on any atom is -0.497 e. The average molecular weight is 391 g/mol. The highest BCUT2D eigenvalue weighted by atomic mass is 32.1. The number of methoxy groups -OCH3 is 1. The molecule has 0 aliphatic carbocycles. The van der Waals surface area contributed by atoms with Crippen LogP contribution in [0.4, 0.5) is 5.13 Å². The average Bonchev–Trinajstić information content (AvgIpc) is 3.13. The molecule has 3 rings (SSSR count). The van der Waals surface area contributed by atoms with E-state index in [9.17, 15) is 4.79 Å². The summed E-state index contributed by atoms with van der Waals surface area (Å²) in [4.78, 5) is 19.1. The lowest BCUT2D eigenvalue weighted by Gasteiger charge is -2.25. The number of aromatic nitrogens is 1. The fourth-order valence-electron chi connectivity index (χ4n) is 2.69. The van der Waals surface area contributed by atoms with E-state index in [1.807, 2.05) is 29.6 Å². The van der Waals surface area contributed by atoms with E-state index in [0.29, 0.717) is 11.7 Å². The van der Waals surface area contributed by atoms with Crippen LogP contribution in [0, 0.1) is 0 Å². The molecule has 1 amide bonds. The zero-order chi connectivity index (χ0) is 19.1. The van der Waals surface area contributed by atoms with Gasteiger partial charge in [0, 0.05) is 25.0 Å². The number of benzene rings is 1. The van der Waals surface area contributed by atoms with Crippen molar-refractivity contribution in [2.24, 2.45) is 0 Å². The molecule has 1 aromatic heterocycles. The van der Waals surface area contributed by atoms with Crippen molar-refractivity contribution in [3.63, 3.8) is 0 Å². The van der Waals surface area contributed by atoms with Crippen molar-refractivity contribution in [3.05, 3.63) is 40.9 Å². The van der Waals surface area contributed by atoms with Gasteiger partial charge in [-0.3, -0.25) is 15.0 Å². The van der Waals surface area contributed by atoms with Crippen LogP contribution in [-0.2, 0) is 27.4 Å². The summed E-state index contributed by atoms with van der Waals surface area (Å²) in [5.41, 5.74) is 1.91. The Labute approximate surface area is 163 Å². The maximum absolute atomic E-state index is 12.3. The minimum absolute atomic E-state index is 0.204. The molecule has 2 heterocycles. The molecule has 8 heteroatoms. The van der Waals surface area contributed by atoms with Gasteiger partial charge < -0.3 is 14.2 Å². The van der Waals surface area contributed by atoms with E-state index in [1.54, 1.807) is 14.0 Å². The van der Waals surface area contributed by atoms with E-state index in [2.05, 4.69) is 15.2 Å². The first-order valence-electron chi connectivity index (χ1n) is 8.94. The van der Waals surface area contributed by atoms with E-state index >= 15 is 0 Å². The molecular formula is C19H25N3O4S. The van der Waals surface area contributed by atoms with Crippen molar-refractivity contribution >= 4 is 22.4 Å². The van der Waals surface area contributed by atoms with Gasteiger partial charge in [0.1, 0.15) is 11.9 Å². The summed E-state index contributed by atoms with van der Waals surface area (Å²) < 4.78 is 16.2. The van der Waals surface area contributed by atoms with Crippen molar-refractivity contribution in [2.45, 2.75) is 26.2 Å². The van der Waals surface area contributed by atoms with Crippen molar-refractivity contribution in [1.82, 2.24) is 9.88 Å². The topological polar surface area (TPSA) is 72.9 Å². The second kappa shape index (κ2) is 9.80. The number of morpholine rings is 1. The quantitative estimate of drug-likeness (QED) is 0.746. The number of thiazole rings is 1. The second-order valence-electron chi connectivity index (χ2n) is 6.33. The standard InChI is InChI=1S/C19H25N3O4S/c1-14(26-12-15-4-3-5-17(10-15)24-2)18(23)21-19-20-16(13-27-19)11-22-6-8-25-9-7-22/h3-5,10,13-14H,6-9,11-12H2,1-2H3,(H,20,21,23). The summed E-state index contributed by atoms with van der Waals surface area (Å²) >= 11 is 1.43. The monoisotopic (exact) mass is 391 g/mol. The van der Waals surface area contributed by atoms with Crippen LogP contribution in [0.2, 0.25) is 0 Å². The maximum atomic E-state index is 12.3. The number of anilines is 1. The molecule has 1 aromatic carbocycles. The molecule has 27 heavy (non-hydrogen) atoms. The van der Waals surface area contributed by atoms with E-state index in [1.165, 1.54) is 11.3 Å². The number of carbonyl (C=O) groups excluding carboxylic acids is 1. The van der Waals surface area contributed by atoms with E-state index < -0.39 is 6.10 Å². The van der Waals surface area contributed by atoms with Crippen LogP contribution in [0.1, 0.15) is 18.2 Å². The number of carbonyl (C=O) groups is 1. The molecule has 1 aliphatic heterocycles. The summed E-state index contributed by atoms with van der Waals surface area (Å²) in [7, 11) is 1.62. The van der Waals surface area contributed by atoms with Gasteiger partial charge in [-0.05, 0) is 24.6 Å². The summed E-state index contributed by atoms with van der Waals surface area (Å²) in [5.74, 6) is 0.564. The zero-order valence-corrected chi connectivity index (χ0v) is 16.5. The van der Waals surface area contributed by atoms with Crippen LogP contribution in [0.5, 0.6) is 5.75 Å². The molecule has 0 bridgehead atoms.